The first-order valence-electron chi connectivity index (χ1n) is 7.59. The van der Waals surface area contributed by atoms with E-state index in [4.69, 9.17) is 5.73 Å². The van der Waals surface area contributed by atoms with E-state index in [0.717, 1.165) is 19.0 Å². The molecule has 1 aromatic rings. The molecule has 2 aliphatic rings. The number of hydrogen-bond acceptors (Lipinski definition) is 5. The molecule has 122 valence electrons. The summed E-state index contributed by atoms with van der Waals surface area (Å²) in [5.41, 5.74) is 6.51. The number of rotatable bonds is 5. The lowest BCUT2D eigenvalue weighted by molar-refractivity contribution is 0.255. The van der Waals surface area contributed by atoms with Gasteiger partial charge in [-0.25, -0.2) is 12.8 Å². The fourth-order valence-corrected chi connectivity index (χ4v) is 4.99. The monoisotopic (exact) mass is 328 g/mol. The average Bonchev–Trinajstić information content (AvgIpc) is 3.32. The second-order valence-electron chi connectivity index (χ2n) is 5.94. The van der Waals surface area contributed by atoms with Crippen LogP contribution in [-0.2, 0) is 16.4 Å². The first-order chi connectivity index (χ1) is 10.5. The van der Waals surface area contributed by atoms with Gasteiger partial charge in [0.05, 0.1) is 23.3 Å². The van der Waals surface area contributed by atoms with Crippen molar-refractivity contribution in [3.8, 4) is 0 Å². The maximum atomic E-state index is 13.8. The summed E-state index contributed by atoms with van der Waals surface area (Å²) in [6, 6.07) is -0.147. The summed E-state index contributed by atoms with van der Waals surface area (Å²) in [4.78, 5) is 3.71. The third-order valence-corrected chi connectivity index (χ3v) is 6.78. The highest BCUT2D eigenvalue weighted by Gasteiger charge is 2.43. The standard InChI is InChI=1S/C14H21FN4O2S/c15-13-8-18-9-14(16)12(13)4-1-10-7-17-5-6-19(10)22(20,21)11-2-3-11/h8-11,17H,1-7,16H2/t10-/m0/s1. The van der Waals surface area contributed by atoms with Gasteiger partial charge in [0.15, 0.2) is 0 Å². The Kier molecular flexibility index (Phi) is 4.33. The number of pyridine rings is 1. The van der Waals surface area contributed by atoms with Gasteiger partial charge < -0.3 is 11.1 Å². The van der Waals surface area contributed by atoms with Crippen molar-refractivity contribution in [3.05, 3.63) is 23.8 Å². The number of aromatic nitrogens is 1. The zero-order valence-electron chi connectivity index (χ0n) is 12.3. The summed E-state index contributed by atoms with van der Waals surface area (Å²) in [5, 5.41) is 3.01. The zero-order chi connectivity index (χ0) is 15.7. The predicted molar refractivity (Wildman–Crippen MR) is 82.2 cm³/mol. The van der Waals surface area contributed by atoms with E-state index in [9.17, 15) is 12.8 Å². The molecule has 0 radical (unpaired) electrons. The van der Waals surface area contributed by atoms with Crippen molar-refractivity contribution in [1.29, 1.82) is 0 Å². The molecule has 1 aromatic heterocycles. The van der Waals surface area contributed by atoms with E-state index < -0.39 is 15.8 Å². The Morgan fingerprint density at radius 2 is 2.18 bits per heavy atom. The second-order valence-corrected chi connectivity index (χ2v) is 8.11. The number of anilines is 1. The molecule has 2 heterocycles. The van der Waals surface area contributed by atoms with Gasteiger partial charge in [0.25, 0.3) is 0 Å². The molecule has 0 spiro atoms. The van der Waals surface area contributed by atoms with Crippen LogP contribution in [0, 0.1) is 5.82 Å². The van der Waals surface area contributed by atoms with Crippen molar-refractivity contribution in [2.24, 2.45) is 0 Å². The second kappa shape index (κ2) is 6.10. The summed E-state index contributed by atoms with van der Waals surface area (Å²) in [6.07, 6.45) is 5.03. The van der Waals surface area contributed by atoms with Gasteiger partial charge in [-0.2, -0.15) is 4.31 Å². The molecule has 1 aliphatic carbocycles. The van der Waals surface area contributed by atoms with Crippen molar-refractivity contribution in [2.45, 2.75) is 37.0 Å². The molecule has 1 saturated carbocycles. The molecular weight excluding hydrogens is 307 g/mol. The first kappa shape index (κ1) is 15.6. The van der Waals surface area contributed by atoms with Crippen molar-refractivity contribution >= 4 is 15.7 Å². The Morgan fingerprint density at radius 1 is 1.41 bits per heavy atom. The smallest absolute Gasteiger partial charge is 0.217 e. The Morgan fingerprint density at radius 3 is 2.86 bits per heavy atom. The summed E-state index contributed by atoms with van der Waals surface area (Å²) < 4.78 is 40.4. The van der Waals surface area contributed by atoms with Crippen LogP contribution in [0.2, 0.25) is 0 Å². The van der Waals surface area contributed by atoms with E-state index in [1.165, 1.54) is 6.20 Å². The minimum Gasteiger partial charge on any atom is -0.397 e. The van der Waals surface area contributed by atoms with Gasteiger partial charge in [0.2, 0.25) is 10.0 Å². The maximum Gasteiger partial charge on any atom is 0.217 e. The molecule has 6 nitrogen and oxygen atoms in total. The van der Waals surface area contributed by atoms with Gasteiger partial charge in [-0.15, -0.1) is 0 Å². The molecule has 0 amide bonds. The van der Waals surface area contributed by atoms with Gasteiger partial charge in [0, 0.05) is 31.2 Å². The van der Waals surface area contributed by atoms with E-state index in [1.807, 2.05) is 0 Å². The van der Waals surface area contributed by atoms with E-state index in [0.29, 0.717) is 43.7 Å². The molecule has 0 unspecified atom stereocenters. The molecule has 1 saturated heterocycles. The molecule has 8 heteroatoms. The maximum absolute atomic E-state index is 13.8. The minimum absolute atomic E-state index is 0.147. The largest absolute Gasteiger partial charge is 0.397 e. The van der Waals surface area contributed by atoms with Gasteiger partial charge >= 0.3 is 0 Å². The van der Waals surface area contributed by atoms with E-state index in [2.05, 4.69) is 10.3 Å². The van der Waals surface area contributed by atoms with Crippen LogP contribution in [-0.4, -0.2) is 48.6 Å². The number of hydrogen-bond donors (Lipinski definition) is 2. The Bertz CT molecular complexity index is 628. The molecule has 1 atom stereocenters. The van der Waals surface area contributed by atoms with E-state index >= 15 is 0 Å². The fourth-order valence-electron chi connectivity index (χ4n) is 2.93. The number of halogens is 1. The van der Waals surface area contributed by atoms with Crippen molar-refractivity contribution in [2.75, 3.05) is 25.4 Å². The molecule has 0 aromatic carbocycles. The summed E-state index contributed by atoms with van der Waals surface area (Å²) in [5.74, 6) is -0.430. The van der Waals surface area contributed by atoms with Gasteiger partial charge in [-0.05, 0) is 25.7 Å². The highest BCUT2D eigenvalue weighted by molar-refractivity contribution is 7.90. The highest BCUT2D eigenvalue weighted by atomic mass is 32.2. The van der Waals surface area contributed by atoms with Crippen molar-refractivity contribution in [1.82, 2.24) is 14.6 Å². The van der Waals surface area contributed by atoms with Crippen LogP contribution >= 0.6 is 0 Å². The van der Waals surface area contributed by atoms with Gasteiger partial charge in [-0.1, -0.05) is 0 Å². The van der Waals surface area contributed by atoms with Crippen molar-refractivity contribution in [3.63, 3.8) is 0 Å². The van der Waals surface area contributed by atoms with E-state index in [-0.39, 0.29) is 11.3 Å². The average molecular weight is 328 g/mol. The SMILES string of the molecule is Nc1cncc(F)c1CC[C@H]1CNCCN1S(=O)(=O)C1CC1. The normalized spacial score (nSPS) is 23.6. The van der Waals surface area contributed by atoms with Crippen LogP contribution in [0.5, 0.6) is 0 Å². The molecule has 0 bridgehead atoms. The van der Waals surface area contributed by atoms with Crippen LogP contribution in [0.1, 0.15) is 24.8 Å². The van der Waals surface area contributed by atoms with Crippen LogP contribution in [0.3, 0.4) is 0 Å². The third kappa shape index (κ3) is 3.09. The molecule has 22 heavy (non-hydrogen) atoms. The first-order valence-corrected chi connectivity index (χ1v) is 9.09. The Balaban J connectivity index is 1.72. The van der Waals surface area contributed by atoms with Crippen LogP contribution in [0.25, 0.3) is 0 Å². The third-order valence-electron chi connectivity index (χ3n) is 4.33. The van der Waals surface area contributed by atoms with Crippen LogP contribution in [0.4, 0.5) is 10.1 Å². The van der Waals surface area contributed by atoms with Crippen LogP contribution in [0.15, 0.2) is 12.4 Å². The van der Waals surface area contributed by atoms with Gasteiger partial charge in [-0.3, -0.25) is 4.98 Å². The highest BCUT2D eigenvalue weighted by Crippen LogP contribution is 2.33. The van der Waals surface area contributed by atoms with Gasteiger partial charge in [0.1, 0.15) is 5.82 Å². The topological polar surface area (TPSA) is 88.3 Å². The zero-order valence-corrected chi connectivity index (χ0v) is 13.2. The molecule has 1 aliphatic heterocycles. The summed E-state index contributed by atoms with van der Waals surface area (Å²) in [6.45, 7) is 1.74. The minimum atomic E-state index is -3.21. The number of nitrogens with two attached hydrogens (primary N) is 1. The summed E-state index contributed by atoms with van der Waals surface area (Å²) >= 11 is 0. The molecule has 2 fully saturated rings. The quantitative estimate of drug-likeness (QED) is 0.822. The fraction of sp³-hybridized carbons (Fsp3) is 0.643. The Hall–Kier alpha value is -1.25. The lowest BCUT2D eigenvalue weighted by atomic mass is 10.0. The van der Waals surface area contributed by atoms with E-state index in [1.54, 1.807) is 4.31 Å². The lowest BCUT2D eigenvalue weighted by Crippen LogP contribution is -2.54. The predicted octanol–water partition coefficient (Wildman–Crippen LogP) is 0.502. The number of nitrogens with one attached hydrogen (secondary N) is 1. The van der Waals surface area contributed by atoms with Crippen LogP contribution < -0.4 is 11.1 Å². The summed E-state index contributed by atoms with van der Waals surface area (Å²) in [7, 11) is -3.21. The molecule has 3 N–H and O–H groups in total. The lowest BCUT2D eigenvalue weighted by Gasteiger charge is -2.35. The molecular formula is C14H21FN4O2S. The Labute approximate surface area is 129 Å². The number of piperazine rings is 1. The number of nitrogen functional groups attached to an aromatic ring is 1. The molecule has 3 rings (SSSR count). The number of nitrogens with zero attached hydrogens (tertiary/aromatic N) is 2. The van der Waals surface area contributed by atoms with Crippen molar-refractivity contribution < 1.29 is 12.8 Å². The number of sulfonamides is 1.